The first-order valence-electron chi connectivity index (χ1n) is 10.7. The third-order valence-corrected chi connectivity index (χ3v) is 9.93. The molecule has 1 aliphatic heterocycles. The third kappa shape index (κ3) is 3.59. The van der Waals surface area contributed by atoms with E-state index < -0.39 is 7.92 Å². The molecule has 30 heavy (non-hydrogen) atoms. The molecule has 2 heterocycles. The molecule has 1 unspecified atom stereocenters. The molecular weight excluding hydrogens is 381 g/mol. The van der Waals surface area contributed by atoms with E-state index in [1.54, 1.807) is 0 Å². The molecule has 5 rings (SSSR count). The number of pyridine rings is 1. The van der Waals surface area contributed by atoms with Gasteiger partial charge in [0, 0.05) is 29.1 Å². The zero-order valence-corrected chi connectivity index (χ0v) is 18.0. The van der Waals surface area contributed by atoms with Crippen molar-refractivity contribution in [3.05, 3.63) is 132 Å². The predicted molar refractivity (Wildman–Crippen MR) is 127 cm³/mol. The minimum absolute atomic E-state index is 0.0901. The highest BCUT2D eigenvalue weighted by Gasteiger charge is 2.50. The Labute approximate surface area is 180 Å². The van der Waals surface area contributed by atoms with Crippen molar-refractivity contribution in [1.29, 1.82) is 0 Å². The number of aromatic nitrogens is 1. The second-order valence-electron chi connectivity index (χ2n) is 8.07. The van der Waals surface area contributed by atoms with Crippen molar-refractivity contribution in [3.63, 3.8) is 0 Å². The summed E-state index contributed by atoms with van der Waals surface area (Å²) in [5.41, 5.74) is 4.70. The Hall–Kier alpha value is -2.76. The van der Waals surface area contributed by atoms with Gasteiger partial charge in [-0.15, -0.1) is 0 Å². The maximum absolute atomic E-state index is 4.75. The summed E-state index contributed by atoms with van der Waals surface area (Å²) in [7, 11) is -0.468. The van der Waals surface area contributed by atoms with Crippen LogP contribution < -0.4 is 5.30 Å². The molecule has 3 aromatic carbocycles. The summed E-state index contributed by atoms with van der Waals surface area (Å²) in [6.07, 6.45) is 5.32. The molecule has 1 aliphatic rings. The zero-order valence-electron chi connectivity index (χ0n) is 17.1. The molecule has 1 aromatic heterocycles. The highest BCUT2D eigenvalue weighted by molar-refractivity contribution is 7.67. The molecule has 0 amide bonds. The average molecular weight is 407 g/mol. The van der Waals surface area contributed by atoms with E-state index in [2.05, 4.69) is 103 Å². The second-order valence-corrected chi connectivity index (χ2v) is 10.8. The molecule has 0 radical (unpaired) electrons. The Kier molecular flexibility index (Phi) is 5.47. The molecule has 2 heteroatoms. The van der Waals surface area contributed by atoms with Gasteiger partial charge in [0.15, 0.2) is 0 Å². The first-order chi connectivity index (χ1) is 14.9. The standard InChI is InChI=1S/C28H26NP/c1-4-12-23(13-5-1)27-19-20-28(24-14-6-2-7-15-24,22-25-16-10-11-21-29-25)30(27)26-17-8-3-9-18-26/h1-18,21,27H,19-20,22H2/t27-,28-,30?/m0/s1. The van der Waals surface area contributed by atoms with Crippen LogP contribution in [0.15, 0.2) is 115 Å². The Morgan fingerprint density at radius 2 is 1.37 bits per heavy atom. The molecule has 0 N–H and O–H groups in total. The van der Waals surface area contributed by atoms with Gasteiger partial charge >= 0.3 is 0 Å². The van der Waals surface area contributed by atoms with Crippen molar-refractivity contribution in [1.82, 2.24) is 4.98 Å². The fourth-order valence-electron chi connectivity index (χ4n) is 5.04. The van der Waals surface area contributed by atoms with Gasteiger partial charge < -0.3 is 0 Å². The van der Waals surface area contributed by atoms with Gasteiger partial charge in [-0.05, 0) is 41.4 Å². The van der Waals surface area contributed by atoms with Crippen LogP contribution in [0, 0.1) is 0 Å². The summed E-state index contributed by atoms with van der Waals surface area (Å²) in [5, 5.41) is 1.59. The summed E-state index contributed by atoms with van der Waals surface area (Å²) < 4.78 is 0. The summed E-state index contributed by atoms with van der Waals surface area (Å²) in [5.74, 6) is 0. The summed E-state index contributed by atoms with van der Waals surface area (Å²) in [4.78, 5) is 4.75. The molecule has 1 nitrogen and oxygen atoms in total. The number of nitrogens with zero attached hydrogens (tertiary/aromatic N) is 1. The van der Waals surface area contributed by atoms with Crippen LogP contribution in [-0.4, -0.2) is 4.98 Å². The smallest absolute Gasteiger partial charge is 0.0416 e. The van der Waals surface area contributed by atoms with E-state index in [4.69, 9.17) is 4.98 Å². The van der Waals surface area contributed by atoms with Crippen LogP contribution in [0.4, 0.5) is 0 Å². The summed E-state index contributed by atoms with van der Waals surface area (Å²) in [6, 6.07) is 39.9. The number of benzene rings is 3. The highest BCUT2D eigenvalue weighted by Crippen LogP contribution is 2.73. The Morgan fingerprint density at radius 1 is 0.733 bits per heavy atom. The molecule has 1 fully saturated rings. The SMILES string of the molecule is c1ccc([C@@H]2CC[C@](Cc3ccccn3)(c3ccccc3)P2c2ccccc2)cc1. The fraction of sp³-hybridized carbons (Fsp3) is 0.179. The van der Waals surface area contributed by atoms with E-state index in [-0.39, 0.29) is 5.16 Å². The first kappa shape index (κ1) is 19.2. The average Bonchev–Trinajstić information content (AvgIpc) is 3.21. The van der Waals surface area contributed by atoms with Crippen molar-refractivity contribution >= 4 is 13.2 Å². The van der Waals surface area contributed by atoms with Gasteiger partial charge in [0.2, 0.25) is 0 Å². The topological polar surface area (TPSA) is 12.9 Å². The quantitative estimate of drug-likeness (QED) is 0.329. The van der Waals surface area contributed by atoms with Gasteiger partial charge in [0.05, 0.1) is 0 Å². The van der Waals surface area contributed by atoms with Crippen molar-refractivity contribution in [3.8, 4) is 0 Å². The third-order valence-electron chi connectivity index (χ3n) is 6.33. The molecule has 0 saturated carbocycles. The van der Waals surface area contributed by atoms with Crippen LogP contribution in [0.2, 0.25) is 0 Å². The monoisotopic (exact) mass is 407 g/mol. The lowest BCUT2D eigenvalue weighted by atomic mass is 9.88. The lowest BCUT2D eigenvalue weighted by Gasteiger charge is -2.39. The largest absolute Gasteiger partial charge is 0.261 e. The van der Waals surface area contributed by atoms with Crippen LogP contribution in [0.25, 0.3) is 0 Å². The highest BCUT2D eigenvalue weighted by atomic mass is 31.1. The zero-order chi connectivity index (χ0) is 20.2. The molecule has 0 aliphatic carbocycles. The van der Waals surface area contributed by atoms with Crippen LogP contribution in [-0.2, 0) is 11.6 Å². The summed E-state index contributed by atoms with van der Waals surface area (Å²) >= 11 is 0. The Bertz CT molecular complexity index is 1070. The van der Waals surface area contributed by atoms with Crippen LogP contribution >= 0.6 is 7.92 Å². The van der Waals surface area contributed by atoms with E-state index in [1.807, 2.05) is 12.3 Å². The molecule has 4 aromatic rings. The molecule has 3 atom stereocenters. The van der Waals surface area contributed by atoms with Crippen molar-refractivity contribution in [2.24, 2.45) is 0 Å². The van der Waals surface area contributed by atoms with Crippen LogP contribution in [0.1, 0.15) is 35.3 Å². The first-order valence-corrected chi connectivity index (χ1v) is 12.1. The van der Waals surface area contributed by atoms with E-state index >= 15 is 0 Å². The second kappa shape index (κ2) is 8.54. The van der Waals surface area contributed by atoms with E-state index in [1.165, 1.54) is 35.0 Å². The van der Waals surface area contributed by atoms with E-state index in [0.29, 0.717) is 5.66 Å². The molecule has 1 saturated heterocycles. The number of rotatable bonds is 5. The van der Waals surface area contributed by atoms with Crippen LogP contribution in [0.5, 0.6) is 0 Å². The number of hydrogen-bond donors (Lipinski definition) is 0. The Balaban J connectivity index is 1.69. The fourth-order valence-corrected chi connectivity index (χ4v) is 8.97. The minimum atomic E-state index is -0.468. The normalized spacial score (nSPS) is 23.3. The van der Waals surface area contributed by atoms with Crippen molar-refractivity contribution in [2.75, 3.05) is 0 Å². The maximum Gasteiger partial charge on any atom is 0.0416 e. The predicted octanol–water partition coefficient (Wildman–Crippen LogP) is 6.86. The maximum atomic E-state index is 4.75. The van der Waals surface area contributed by atoms with E-state index in [9.17, 15) is 0 Å². The van der Waals surface area contributed by atoms with Gasteiger partial charge in [-0.25, -0.2) is 0 Å². The van der Waals surface area contributed by atoms with Gasteiger partial charge in [0.1, 0.15) is 0 Å². The molecular formula is C28H26NP. The van der Waals surface area contributed by atoms with E-state index in [0.717, 1.165) is 6.42 Å². The Morgan fingerprint density at radius 3 is 2.03 bits per heavy atom. The van der Waals surface area contributed by atoms with Gasteiger partial charge in [-0.3, -0.25) is 4.98 Å². The minimum Gasteiger partial charge on any atom is -0.261 e. The summed E-state index contributed by atoms with van der Waals surface area (Å²) in [6.45, 7) is 0. The van der Waals surface area contributed by atoms with Crippen LogP contribution in [0.3, 0.4) is 0 Å². The van der Waals surface area contributed by atoms with Crippen molar-refractivity contribution < 1.29 is 0 Å². The van der Waals surface area contributed by atoms with Gasteiger partial charge in [-0.1, -0.05) is 105 Å². The number of hydrogen-bond acceptors (Lipinski definition) is 1. The van der Waals surface area contributed by atoms with Gasteiger partial charge in [0.25, 0.3) is 0 Å². The molecule has 148 valence electrons. The molecule has 0 bridgehead atoms. The van der Waals surface area contributed by atoms with Crippen molar-refractivity contribution in [2.45, 2.75) is 30.1 Å². The molecule has 0 spiro atoms. The lowest BCUT2D eigenvalue weighted by Crippen LogP contribution is -2.28. The van der Waals surface area contributed by atoms with Gasteiger partial charge in [-0.2, -0.15) is 0 Å². The lowest BCUT2D eigenvalue weighted by molar-refractivity contribution is 0.563.